The van der Waals surface area contributed by atoms with Crippen molar-refractivity contribution in [2.75, 3.05) is 0 Å². The van der Waals surface area contributed by atoms with Crippen LogP contribution in [0.1, 0.15) is 44.7 Å². The third-order valence-electron chi connectivity index (χ3n) is 6.45. The monoisotopic (exact) mass is 421 g/mol. The van der Waals surface area contributed by atoms with Gasteiger partial charge in [-0.15, -0.1) is 0 Å². The van der Waals surface area contributed by atoms with Crippen LogP contribution < -0.4 is 0 Å². The Labute approximate surface area is 190 Å². The lowest BCUT2D eigenvalue weighted by Gasteiger charge is -2.16. The molecule has 2 aromatic carbocycles. The highest BCUT2D eigenvalue weighted by atomic mass is 16.3. The molecule has 3 aromatic heterocycles. The zero-order chi connectivity index (χ0) is 23.3. The van der Waals surface area contributed by atoms with Crippen LogP contribution in [-0.4, -0.2) is 9.97 Å². The summed E-state index contributed by atoms with van der Waals surface area (Å²) >= 11 is 0. The summed E-state index contributed by atoms with van der Waals surface area (Å²) in [5.41, 5.74) is 8.78. The largest absolute Gasteiger partial charge is 0.438 e. The molecular weight excluding hydrogens is 392 g/mol. The van der Waals surface area contributed by atoms with Gasteiger partial charge in [0.25, 0.3) is 0 Å². The van der Waals surface area contributed by atoms with E-state index in [1.165, 1.54) is 11.1 Å². The van der Waals surface area contributed by atoms with Gasteiger partial charge in [-0.25, -0.2) is 4.98 Å². The number of pyridine rings is 2. The molecule has 3 nitrogen and oxygen atoms in total. The highest BCUT2D eigenvalue weighted by Gasteiger charge is 2.15. The summed E-state index contributed by atoms with van der Waals surface area (Å²) in [6.07, 6.45) is 1.80. The number of fused-ring (bicyclic) bond motifs is 3. The molecule has 5 rings (SSSR count). The van der Waals surface area contributed by atoms with E-state index in [0.29, 0.717) is 5.71 Å². The molecule has 0 amide bonds. The smallest absolute Gasteiger partial charge is 0.227 e. The van der Waals surface area contributed by atoms with Gasteiger partial charge in [0.1, 0.15) is 5.58 Å². The predicted octanol–water partition coefficient (Wildman–Crippen LogP) is 8.09. The number of nitrogens with zero attached hydrogens (tertiary/aromatic N) is 2. The number of rotatable bonds is 4. The predicted molar refractivity (Wildman–Crippen MR) is 133 cm³/mol. The topological polar surface area (TPSA) is 38.9 Å². The highest BCUT2D eigenvalue weighted by molar-refractivity contribution is 6.05. The molecule has 160 valence electrons. The van der Waals surface area contributed by atoms with Crippen LogP contribution in [0.2, 0.25) is 0 Å². The summed E-state index contributed by atoms with van der Waals surface area (Å²) in [5, 5.41) is 2.01. The van der Waals surface area contributed by atoms with Crippen LogP contribution in [-0.2, 0) is 0 Å². The molecule has 3 heteroatoms. The second-order valence-corrected chi connectivity index (χ2v) is 8.90. The molecule has 3 heterocycles. The third kappa shape index (κ3) is 3.48. The van der Waals surface area contributed by atoms with Crippen LogP contribution in [0.15, 0.2) is 71.3 Å². The Balaban J connectivity index is 1.61. The van der Waals surface area contributed by atoms with Crippen molar-refractivity contribution in [3.05, 3.63) is 83.6 Å². The molecule has 0 aliphatic heterocycles. The van der Waals surface area contributed by atoms with Crippen LogP contribution in [0.25, 0.3) is 44.6 Å². The second-order valence-electron chi connectivity index (χ2n) is 8.90. The average molecular weight is 422 g/mol. The Morgan fingerprint density at radius 1 is 0.844 bits per heavy atom. The molecule has 0 saturated carbocycles. The molecule has 0 aliphatic carbocycles. The van der Waals surface area contributed by atoms with Crippen LogP contribution >= 0.6 is 0 Å². The molecule has 32 heavy (non-hydrogen) atoms. The maximum atomic E-state index is 8.77. The van der Waals surface area contributed by atoms with Crippen molar-refractivity contribution in [2.45, 2.75) is 40.5 Å². The first-order valence-electron chi connectivity index (χ1n) is 11.6. The fourth-order valence-electron chi connectivity index (χ4n) is 4.34. The molecule has 1 unspecified atom stereocenters. The molecule has 0 N–H and O–H groups in total. The molecular formula is C29H28N2O. The van der Waals surface area contributed by atoms with Crippen molar-refractivity contribution in [1.29, 1.82) is 0 Å². The van der Waals surface area contributed by atoms with E-state index >= 15 is 0 Å². The summed E-state index contributed by atoms with van der Waals surface area (Å²) < 4.78 is 14.9. The van der Waals surface area contributed by atoms with Crippen molar-refractivity contribution in [3.8, 4) is 22.5 Å². The first kappa shape index (κ1) is 19.2. The number of benzene rings is 2. The highest BCUT2D eigenvalue weighted by Crippen LogP contribution is 2.34. The maximum absolute atomic E-state index is 8.77. The van der Waals surface area contributed by atoms with Gasteiger partial charge in [0.2, 0.25) is 5.71 Å². The fraction of sp³-hybridized carbons (Fsp3) is 0.241. The average Bonchev–Trinajstić information content (AvgIpc) is 3.16. The number of hydrogen-bond donors (Lipinski definition) is 0. The van der Waals surface area contributed by atoms with Crippen LogP contribution in [0.3, 0.4) is 0 Å². The number of aryl methyl sites for hydroxylation is 2. The molecule has 0 saturated heterocycles. The van der Waals surface area contributed by atoms with Crippen molar-refractivity contribution >= 4 is 22.1 Å². The van der Waals surface area contributed by atoms with E-state index in [1.807, 2.05) is 31.2 Å². The maximum Gasteiger partial charge on any atom is 0.227 e. The van der Waals surface area contributed by atoms with Gasteiger partial charge in [-0.3, -0.25) is 4.98 Å². The van der Waals surface area contributed by atoms with Gasteiger partial charge in [0.15, 0.2) is 0 Å². The van der Waals surface area contributed by atoms with Gasteiger partial charge >= 0.3 is 0 Å². The van der Waals surface area contributed by atoms with Gasteiger partial charge in [-0.1, -0.05) is 39.0 Å². The molecule has 0 aliphatic rings. The van der Waals surface area contributed by atoms with Crippen LogP contribution in [0.4, 0.5) is 0 Å². The summed E-state index contributed by atoms with van der Waals surface area (Å²) in [5.74, 6) is -0.469. The Morgan fingerprint density at radius 2 is 1.62 bits per heavy atom. The Morgan fingerprint density at radius 3 is 2.38 bits per heavy atom. The van der Waals surface area contributed by atoms with E-state index in [9.17, 15) is 0 Å². The van der Waals surface area contributed by atoms with Crippen molar-refractivity contribution in [1.82, 2.24) is 9.97 Å². The molecule has 5 aromatic rings. The van der Waals surface area contributed by atoms with Crippen molar-refractivity contribution < 1.29 is 5.79 Å². The standard InChI is InChI=1S/C29H28N2O/c1-17(2)20(5)21-13-14-30-26(16-21)22-9-12-27-24(15-22)23-10-11-25(31-29(23)32-27)28-18(3)7-6-8-19(28)4/h6-17,20H,1-5H3/i20D. The molecule has 0 bridgehead atoms. The zero-order valence-corrected chi connectivity index (χ0v) is 19.2. The molecule has 0 radical (unpaired) electrons. The van der Waals surface area contributed by atoms with Crippen molar-refractivity contribution in [2.24, 2.45) is 5.92 Å². The van der Waals surface area contributed by atoms with E-state index in [2.05, 4.69) is 69.1 Å². The lowest BCUT2D eigenvalue weighted by Crippen LogP contribution is -2.02. The van der Waals surface area contributed by atoms with Gasteiger partial charge in [-0.2, -0.15) is 0 Å². The third-order valence-corrected chi connectivity index (χ3v) is 6.45. The van der Waals surface area contributed by atoms with E-state index in [4.69, 9.17) is 10.8 Å². The number of aromatic nitrogens is 2. The number of furan rings is 1. The Hall–Kier alpha value is -3.46. The first-order valence-corrected chi connectivity index (χ1v) is 11.1. The molecule has 1 atom stereocenters. The quantitative estimate of drug-likeness (QED) is 0.294. The Bertz CT molecular complexity index is 1480. The summed E-state index contributed by atoms with van der Waals surface area (Å²) in [4.78, 5) is 9.46. The zero-order valence-electron chi connectivity index (χ0n) is 20.2. The van der Waals surface area contributed by atoms with E-state index in [0.717, 1.165) is 44.4 Å². The van der Waals surface area contributed by atoms with Gasteiger partial charge in [-0.05, 0) is 84.8 Å². The lowest BCUT2D eigenvalue weighted by atomic mass is 9.90. The lowest BCUT2D eigenvalue weighted by molar-refractivity contribution is 0.535. The van der Waals surface area contributed by atoms with E-state index < -0.39 is 5.89 Å². The summed E-state index contributed by atoms with van der Waals surface area (Å²) in [7, 11) is 0. The molecule has 0 spiro atoms. The SMILES string of the molecule is [2H]C(C)(c1ccnc(-c2ccc3oc4nc(-c5c(C)cccc5C)ccc4c3c2)c1)C(C)C. The van der Waals surface area contributed by atoms with Crippen LogP contribution in [0.5, 0.6) is 0 Å². The van der Waals surface area contributed by atoms with Gasteiger partial charge in [0.05, 0.1) is 11.4 Å². The Kier molecular flexibility index (Phi) is 4.75. The summed E-state index contributed by atoms with van der Waals surface area (Å²) in [6, 6.07) is 20.6. The van der Waals surface area contributed by atoms with Crippen molar-refractivity contribution in [3.63, 3.8) is 0 Å². The second kappa shape index (κ2) is 7.90. The van der Waals surface area contributed by atoms with Crippen LogP contribution in [0, 0.1) is 19.8 Å². The minimum Gasteiger partial charge on any atom is -0.438 e. The minimum absolute atomic E-state index is 0.199. The molecule has 0 fully saturated rings. The van der Waals surface area contributed by atoms with Gasteiger partial charge in [0, 0.05) is 29.5 Å². The fourth-order valence-corrected chi connectivity index (χ4v) is 4.34. The normalized spacial score (nSPS) is 14.1. The number of hydrogen-bond acceptors (Lipinski definition) is 3. The first-order chi connectivity index (χ1) is 15.8. The van der Waals surface area contributed by atoms with E-state index in [1.54, 1.807) is 6.20 Å². The van der Waals surface area contributed by atoms with E-state index in [-0.39, 0.29) is 5.92 Å². The van der Waals surface area contributed by atoms with Gasteiger partial charge < -0.3 is 4.42 Å². The summed E-state index contributed by atoms with van der Waals surface area (Å²) in [6.45, 7) is 10.3. The minimum atomic E-state index is -0.669.